The van der Waals surface area contributed by atoms with Crippen molar-refractivity contribution in [1.82, 2.24) is 0 Å². The van der Waals surface area contributed by atoms with Crippen LogP contribution < -0.4 is 10.2 Å². The first-order valence-electron chi connectivity index (χ1n) is 11.5. The number of phenolic OH excluding ortho intramolecular Hbond substituents is 3. The highest BCUT2D eigenvalue weighted by Crippen LogP contribution is 2.46. The summed E-state index contributed by atoms with van der Waals surface area (Å²) in [6, 6.07) is 1.20. The fourth-order valence-corrected chi connectivity index (χ4v) is 4.22. The second-order valence-electron chi connectivity index (χ2n) is 9.74. The molecule has 7 nitrogen and oxygen atoms in total. The van der Waals surface area contributed by atoms with Crippen LogP contribution in [0.4, 0.5) is 0 Å². The van der Waals surface area contributed by atoms with Gasteiger partial charge < -0.3 is 29.6 Å². The SMILES string of the molecule is CC(C)=CCc1c2c(c(O)c3c(=O)c4c(CC=C(C)CO)c(O)c(O)cc4oc13)C=CC(C)(C)O2. The molecule has 2 aromatic carbocycles. The number of benzene rings is 2. The Balaban J connectivity index is 2.16. The summed E-state index contributed by atoms with van der Waals surface area (Å²) in [6.07, 6.45) is 7.66. The molecular formula is C28H30O7. The van der Waals surface area contributed by atoms with Crippen molar-refractivity contribution in [2.45, 2.75) is 53.1 Å². The monoisotopic (exact) mass is 478 g/mol. The molecule has 0 saturated heterocycles. The molecule has 1 aliphatic heterocycles. The fourth-order valence-electron chi connectivity index (χ4n) is 4.22. The average Bonchev–Trinajstić information content (AvgIpc) is 2.78. The summed E-state index contributed by atoms with van der Waals surface area (Å²) in [5.74, 6) is -0.706. The molecule has 7 heteroatoms. The topological polar surface area (TPSA) is 120 Å². The maximum atomic E-state index is 13.8. The lowest BCUT2D eigenvalue weighted by atomic mass is 9.93. The highest BCUT2D eigenvalue weighted by molar-refractivity contribution is 6.01. The zero-order chi connectivity index (χ0) is 25.7. The van der Waals surface area contributed by atoms with Gasteiger partial charge in [0.15, 0.2) is 11.5 Å². The van der Waals surface area contributed by atoms with Crippen LogP contribution in [-0.4, -0.2) is 32.6 Å². The predicted octanol–water partition coefficient (Wildman–Crippen LogP) is 5.24. The van der Waals surface area contributed by atoms with Crippen LogP contribution in [0.15, 0.2) is 44.7 Å². The van der Waals surface area contributed by atoms with E-state index in [1.54, 1.807) is 19.1 Å². The minimum Gasteiger partial charge on any atom is -0.506 e. The van der Waals surface area contributed by atoms with Crippen molar-refractivity contribution in [1.29, 1.82) is 0 Å². The maximum absolute atomic E-state index is 13.8. The minimum absolute atomic E-state index is 0.0180. The molecule has 4 rings (SSSR count). The Morgan fingerprint density at radius 2 is 1.69 bits per heavy atom. The smallest absolute Gasteiger partial charge is 0.204 e. The molecule has 35 heavy (non-hydrogen) atoms. The largest absolute Gasteiger partial charge is 0.506 e. The molecule has 0 aliphatic carbocycles. The number of allylic oxidation sites excluding steroid dienone is 3. The Hall–Kier alpha value is -3.71. The van der Waals surface area contributed by atoms with E-state index in [0.29, 0.717) is 28.9 Å². The molecule has 0 spiro atoms. The van der Waals surface area contributed by atoms with E-state index in [4.69, 9.17) is 9.15 Å². The van der Waals surface area contributed by atoms with E-state index < -0.39 is 22.5 Å². The van der Waals surface area contributed by atoms with Crippen LogP contribution >= 0.6 is 0 Å². The molecule has 0 atom stereocenters. The van der Waals surface area contributed by atoms with Gasteiger partial charge in [-0.3, -0.25) is 4.79 Å². The van der Waals surface area contributed by atoms with Crippen LogP contribution in [0.1, 0.15) is 51.3 Å². The summed E-state index contributed by atoms with van der Waals surface area (Å²) in [6.45, 7) is 9.23. The van der Waals surface area contributed by atoms with E-state index in [2.05, 4.69) is 0 Å². The van der Waals surface area contributed by atoms with Gasteiger partial charge in [0.25, 0.3) is 0 Å². The number of rotatable bonds is 5. The number of hydrogen-bond donors (Lipinski definition) is 4. The fraction of sp³-hybridized carbons (Fsp3) is 0.321. The summed E-state index contributed by atoms with van der Waals surface area (Å²) >= 11 is 0. The van der Waals surface area contributed by atoms with Crippen molar-refractivity contribution in [3.05, 3.63) is 62.4 Å². The first-order chi connectivity index (χ1) is 16.4. The highest BCUT2D eigenvalue weighted by Gasteiger charge is 2.31. The minimum atomic E-state index is -0.627. The van der Waals surface area contributed by atoms with Gasteiger partial charge in [0.05, 0.1) is 17.6 Å². The third-order valence-corrected chi connectivity index (χ3v) is 6.16. The Labute approximate surface area is 202 Å². The van der Waals surface area contributed by atoms with Crippen molar-refractivity contribution < 1.29 is 29.6 Å². The van der Waals surface area contributed by atoms with Gasteiger partial charge in [0.2, 0.25) is 5.43 Å². The lowest BCUT2D eigenvalue weighted by Crippen LogP contribution is -2.28. The van der Waals surface area contributed by atoms with Crippen LogP contribution in [0.2, 0.25) is 0 Å². The molecule has 2 heterocycles. The highest BCUT2D eigenvalue weighted by atomic mass is 16.5. The van der Waals surface area contributed by atoms with E-state index in [9.17, 15) is 25.2 Å². The Kier molecular flexibility index (Phi) is 6.15. The van der Waals surface area contributed by atoms with Crippen molar-refractivity contribution in [3.8, 4) is 23.0 Å². The van der Waals surface area contributed by atoms with Gasteiger partial charge in [0.1, 0.15) is 33.7 Å². The first kappa shape index (κ1) is 24.4. The number of aromatic hydroxyl groups is 3. The van der Waals surface area contributed by atoms with E-state index in [0.717, 1.165) is 5.57 Å². The average molecular weight is 479 g/mol. The second-order valence-corrected chi connectivity index (χ2v) is 9.74. The Morgan fingerprint density at radius 3 is 2.34 bits per heavy atom. The van der Waals surface area contributed by atoms with Gasteiger partial charge in [-0.25, -0.2) is 0 Å². The molecule has 0 radical (unpaired) electrons. The summed E-state index contributed by atoms with van der Waals surface area (Å²) in [5, 5.41) is 41.5. The second kappa shape index (κ2) is 8.82. The number of fused-ring (bicyclic) bond motifs is 3. The van der Waals surface area contributed by atoms with E-state index in [1.807, 2.05) is 39.8 Å². The van der Waals surface area contributed by atoms with E-state index in [1.165, 1.54) is 6.07 Å². The van der Waals surface area contributed by atoms with E-state index >= 15 is 0 Å². The van der Waals surface area contributed by atoms with Gasteiger partial charge >= 0.3 is 0 Å². The van der Waals surface area contributed by atoms with Crippen molar-refractivity contribution in [2.75, 3.05) is 6.61 Å². The molecule has 4 N–H and O–H groups in total. The Bertz CT molecular complexity index is 1500. The van der Waals surface area contributed by atoms with Gasteiger partial charge in [-0.05, 0) is 59.6 Å². The molecule has 184 valence electrons. The third kappa shape index (κ3) is 4.28. The number of aliphatic hydroxyl groups is 1. The summed E-state index contributed by atoms with van der Waals surface area (Å²) in [5.41, 5.74) is 1.93. The molecule has 1 aliphatic rings. The number of hydrogen-bond acceptors (Lipinski definition) is 7. The Morgan fingerprint density at radius 1 is 1.00 bits per heavy atom. The molecule has 1 aromatic heterocycles. The molecule has 3 aromatic rings. The molecule has 0 saturated carbocycles. The number of phenols is 3. The lowest BCUT2D eigenvalue weighted by molar-refractivity contribution is 0.157. The number of ether oxygens (including phenoxy) is 1. The summed E-state index contributed by atoms with van der Waals surface area (Å²) in [4.78, 5) is 13.8. The van der Waals surface area contributed by atoms with Crippen molar-refractivity contribution in [3.63, 3.8) is 0 Å². The quantitative estimate of drug-likeness (QED) is 0.225. The van der Waals surface area contributed by atoms with Crippen LogP contribution in [0.3, 0.4) is 0 Å². The zero-order valence-corrected chi connectivity index (χ0v) is 20.5. The maximum Gasteiger partial charge on any atom is 0.204 e. The predicted molar refractivity (Wildman–Crippen MR) is 136 cm³/mol. The van der Waals surface area contributed by atoms with Crippen molar-refractivity contribution in [2.24, 2.45) is 0 Å². The summed E-state index contributed by atoms with van der Waals surface area (Å²) in [7, 11) is 0. The van der Waals surface area contributed by atoms with Gasteiger partial charge in [0, 0.05) is 17.2 Å². The number of aliphatic hydroxyl groups excluding tert-OH is 1. The molecular weight excluding hydrogens is 448 g/mol. The lowest BCUT2D eigenvalue weighted by Gasteiger charge is -2.30. The first-order valence-corrected chi connectivity index (χ1v) is 11.5. The van der Waals surface area contributed by atoms with Crippen molar-refractivity contribution >= 4 is 28.0 Å². The zero-order valence-electron chi connectivity index (χ0n) is 20.5. The van der Waals surface area contributed by atoms with Gasteiger partial charge in [-0.2, -0.15) is 0 Å². The standard InChI is InChI=1S/C28H30O7/c1-14(2)6-8-18-26-17(10-11-28(4,5)35-26)24(32)22-25(33)21-16(9-7-15(3)13-29)23(31)19(30)12-20(21)34-27(18)22/h6-7,10-12,29-32H,8-9,13H2,1-5H3. The molecule has 0 bridgehead atoms. The van der Waals surface area contributed by atoms with Crippen LogP contribution in [0.25, 0.3) is 28.0 Å². The normalized spacial score (nSPS) is 14.7. The van der Waals surface area contributed by atoms with Crippen LogP contribution in [-0.2, 0) is 12.8 Å². The van der Waals surface area contributed by atoms with Gasteiger partial charge in [-0.15, -0.1) is 0 Å². The third-order valence-electron chi connectivity index (χ3n) is 6.16. The molecule has 0 fully saturated rings. The van der Waals surface area contributed by atoms with Crippen LogP contribution in [0.5, 0.6) is 23.0 Å². The van der Waals surface area contributed by atoms with E-state index in [-0.39, 0.29) is 46.3 Å². The van der Waals surface area contributed by atoms with Crippen LogP contribution in [0, 0.1) is 0 Å². The summed E-state index contributed by atoms with van der Waals surface area (Å²) < 4.78 is 12.4. The molecule has 0 amide bonds. The van der Waals surface area contributed by atoms with Gasteiger partial charge in [-0.1, -0.05) is 23.3 Å². The molecule has 0 unspecified atom stereocenters.